The van der Waals surface area contributed by atoms with Crippen molar-refractivity contribution in [3.63, 3.8) is 0 Å². The van der Waals surface area contributed by atoms with Crippen molar-refractivity contribution >= 4 is 51.9 Å². The molecule has 2 aliphatic rings. The van der Waals surface area contributed by atoms with E-state index in [9.17, 15) is 19.8 Å². The highest BCUT2D eigenvalue weighted by molar-refractivity contribution is 5.86. The molecule has 5 aromatic heterocycles. The van der Waals surface area contributed by atoms with Crippen LogP contribution in [0, 0.1) is 0 Å². The Balaban J connectivity index is 0.000000186. The molecule has 0 bridgehead atoms. The van der Waals surface area contributed by atoms with Gasteiger partial charge < -0.3 is 39.3 Å². The lowest BCUT2D eigenvalue weighted by Gasteiger charge is -2.22. The predicted molar refractivity (Wildman–Crippen MR) is 269 cm³/mol. The molecule has 0 radical (unpaired) electrons. The van der Waals surface area contributed by atoms with Gasteiger partial charge in [-0.25, -0.2) is 19.9 Å². The van der Waals surface area contributed by atoms with Crippen LogP contribution in [0.3, 0.4) is 0 Å². The number of furan rings is 1. The van der Waals surface area contributed by atoms with E-state index in [4.69, 9.17) is 14.4 Å². The van der Waals surface area contributed by atoms with Gasteiger partial charge in [0.15, 0.2) is 34.0 Å². The third-order valence-corrected chi connectivity index (χ3v) is 13.4. The fourth-order valence-corrected chi connectivity index (χ4v) is 9.66. The number of carbonyl (C=O) groups is 2. The maximum Gasteiger partial charge on any atom is 0.323 e. The van der Waals surface area contributed by atoms with Gasteiger partial charge in [0, 0.05) is 26.6 Å². The Kier molecular flexibility index (Phi) is 16.9. The third-order valence-electron chi connectivity index (χ3n) is 13.4. The van der Waals surface area contributed by atoms with Gasteiger partial charge in [-0.1, -0.05) is 113 Å². The highest BCUT2D eigenvalue weighted by Gasteiger charge is 2.21. The SMILES string of the molecule is CCCCCCNc1nc(NCc2ccc(C3CCCCC3)cc2)nc2c1ncn2CC(=O)O.CN(Cc1ccco1)c1nc(CCc2ccc(C3CCCCC3)cc2)nc2c1ncn2CC(=O)O. The maximum atomic E-state index is 11.4. The lowest BCUT2D eigenvalue weighted by atomic mass is 9.84. The molecule has 2 saturated carbocycles. The van der Waals surface area contributed by atoms with Crippen LogP contribution < -0.4 is 15.5 Å². The quantitative estimate of drug-likeness (QED) is 0.0496. The summed E-state index contributed by atoms with van der Waals surface area (Å²) in [6.07, 6.45) is 24.0. The molecule has 16 nitrogen and oxygen atoms in total. The molecule has 0 aliphatic heterocycles. The number of nitrogens with one attached hydrogen (secondary N) is 2. The van der Waals surface area contributed by atoms with Gasteiger partial charge in [0.2, 0.25) is 5.95 Å². The molecular weight excluding hydrogens is 871 g/mol. The molecule has 0 saturated heterocycles. The van der Waals surface area contributed by atoms with Crippen LogP contribution in [0.4, 0.5) is 17.6 Å². The van der Waals surface area contributed by atoms with Crippen LogP contribution in [0.25, 0.3) is 22.3 Å². The third kappa shape index (κ3) is 13.2. The molecule has 69 heavy (non-hydrogen) atoms. The molecule has 2 aliphatic carbocycles. The largest absolute Gasteiger partial charge is 0.480 e. The second-order valence-electron chi connectivity index (χ2n) is 18.7. The van der Waals surface area contributed by atoms with E-state index in [0.717, 1.165) is 37.1 Å². The Labute approximate surface area is 404 Å². The minimum absolute atomic E-state index is 0.189. The van der Waals surface area contributed by atoms with Gasteiger partial charge in [0.1, 0.15) is 24.7 Å². The number of nitrogens with zero attached hydrogens (tertiary/aromatic N) is 9. The van der Waals surface area contributed by atoms with Crippen molar-refractivity contribution in [3.05, 3.63) is 113 Å². The number of fused-ring (bicyclic) bond motifs is 2. The summed E-state index contributed by atoms with van der Waals surface area (Å²) in [5.41, 5.74) is 7.53. The summed E-state index contributed by atoms with van der Waals surface area (Å²) in [4.78, 5) is 52.2. The van der Waals surface area contributed by atoms with E-state index in [0.29, 0.717) is 77.1 Å². The van der Waals surface area contributed by atoms with Crippen molar-refractivity contribution in [2.24, 2.45) is 0 Å². The Morgan fingerprint density at radius 1 is 0.696 bits per heavy atom. The van der Waals surface area contributed by atoms with Crippen LogP contribution in [0.15, 0.2) is 84.0 Å². The summed E-state index contributed by atoms with van der Waals surface area (Å²) in [7, 11) is 1.92. The summed E-state index contributed by atoms with van der Waals surface area (Å²) in [6.45, 7) is 3.72. The number of benzene rings is 2. The summed E-state index contributed by atoms with van der Waals surface area (Å²) in [6, 6.07) is 21.6. The summed E-state index contributed by atoms with van der Waals surface area (Å²) >= 11 is 0. The van der Waals surface area contributed by atoms with Crippen LogP contribution in [-0.2, 0) is 48.6 Å². The summed E-state index contributed by atoms with van der Waals surface area (Å²) in [5.74, 6) is 2.78. The number of imidazole rings is 2. The highest BCUT2D eigenvalue weighted by atomic mass is 16.4. The van der Waals surface area contributed by atoms with Crippen molar-refractivity contribution in [1.29, 1.82) is 0 Å². The molecule has 0 spiro atoms. The van der Waals surface area contributed by atoms with Crippen molar-refractivity contribution in [3.8, 4) is 0 Å². The lowest BCUT2D eigenvalue weighted by molar-refractivity contribution is -0.138. The fourth-order valence-electron chi connectivity index (χ4n) is 9.66. The number of unbranched alkanes of at least 4 members (excludes halogenated alkanes) is 3. The average Bonchev–Trinajstić information content (AvgIpc) is 4.14. The number of carboxylic acid groups (broad SMARTS) is 2. The van der Waals surface area contributed by atoms with Crippen molar-refractivity contribution in [2.45, 2.75) is 148 Å². The minimum atomic E-state index is -0.937. The summed E-state index contributed by atoms with van der Waals surface area (Å²) in [5, 5.41) is 25.3. The molecule has 4 N–H and O–H groups in total. The maximum absolute atomic E-state index is 11.4. The van der Waals surface area contributed by atoms with Gasteiger partial charge in [0.25, 0.3) is 0 Å². The molecule has 9 rings (SSSR count). The summed E-state index contributed by atoms with van der Waals surface area (Å²) < 4.78 is 8.61. The topological polar surface area (TPSA) is 202 Å². The first-order valence-corrected chi connectivity index (χ1v) is 25.0. The fraction of sp³-hybridized carbons (Fsp3) is 0.472. The average molecular weight is 938 g/mol. The monoisotopic (exact) mass is 938 g/mol. The number of hydrogen-bond donors (Lipinski definition) is 4. The van der Waals surface area contributed by atoms with Crippen molar-refractivity contribution in [2.75, 3.05) is 29.1 Å². The molecule has 364 valence electrons. The number of carboxylic acids is 2. The molecule has 2 aromatic carbocycles. The smallest absolute Gasteiger partial charge is 0.323 e. The number of hydrogen-bond acceptors (Lipinski definition) is 12. The zero-order valence-electron chi connectivity index (χ0n) is 40.2. The first kappa shape index (κ1) is 48.6. The molecular formula is C53H67N11O5. The van der Waals surface area contributed by atoms with Gasteiger partial charge in [-0.15, -0.1) is 0 Å². The Bertz CT molecular complexity index is 2720. The van der Waals surface area contributed by atoms with E-state index >= 15 is 0 Å². The molecule has 5 heterocycles. The van der Waals surface area contributed by atoms with Gasteiger partial charge in [-0.2, -0.15) is 9.97 Å². The normalized spacial score (nSPS) is 14.4. The molecule has 0 unspecified atom stereocenters. The number of anilines is 3. The van der Waals surface area contributed by atoms with Crippen LogP contribution >= 0.6 is 0 Å². The van der Waals surface area contributed by atoms with Crippen LogP contribution in [0.1, 0.15) is 142 Å². The molecule has 0 amide bonds. The van der Waals surface area contributed by atoms with Gasteiger partial charge in [-0.05, 0) is 84.7 Å². The van der Waals surface area contributed by atoms with Crippen LogP contribution in [0.2, 0.25) is 0 Å². The lowest BCUT2D eigenvalue weighted by Crippen LogP contribution is -2.19. The first-order valence-electron chi connectivity index (χ1n) is 25.0. The molecule has 16 heteroatoms. The van der Waals surface area contributed by atoms with Gasteiger partial charge >= 0.3 is 11.9 Å². The minimum Gasteiger partial charge on any atom is -0.480 e. The van der Waals surface area contributed by atoms with E-state index in [1.54, 1.807) is 15.4 Å². The van der Waals surface area contributed by atoms with Gasteiger partial charge in [0.05, 0.1) is 25.5 Å². The van der Waals surface area contributed by atoms with Crippen molar-refractivity contribution in [1.82, 2.24) is 39.0 Å². The second-order valence-corrected chi connectivity index (χ2v) is 18.7. The molecule has 2 fully saturated rings. The Morgan fingerprint density at radius 3 is 1.90 bits per heavy atom. The van der Waals surface area contributed by atoms with Gasteiger partial charge in [-0.3, -0.25) is 9.59 Å². The number of rotatable bonds is 21. The first-order chi connectivity index (χ1) is 33.7. The van der Waals surface area contributed by atoms with Crippen LogP contribution in [-0.4, -0.2) is 74.8 Å². The standard InChI is InChI=1S/C27H31N5O3.C26H36N6O2/c1-31(16-22-8-5-15-35-22)26-25-27(32(18-28-25)17-24(33)34)30-23(29-26)14-11-19-9-12-21(13-10-19)20-6-3-2-4-7-20;1-2-3-4-8-15-27-24-23-25(32(18-29-23)17-22(33)34)31-26(30-24)28-16-19-11-13-21(14-12-19)20-9-6-5-7-10-20/h5,8-10,12-13,15,18,20H,2-4,6-7,11,14,16-17H2,1H3,(H,33,34);11-14,18,20H,2-10,15-17H2,1H3,(H,33,34)(H2,27,28,30,31). The predicted octanol–water partition coefficient (Wildman–Crippen LogP) is 10.5. The molecule has 7 aromatic rings. The Morgan fingerprint density at radius 2 is 1.30 bits per heavy atom. The zero-order valence-corrected chi connectivity index (χ0v) is 40.2. The van der Waals surface area contributed by atoms with E-state index in [-0.39, 0.29) is 13.1 Å². The van der Waals surface area contributed by atoms with E-state index < -0.39 is 11.9 Å². The Hall–Kier alpha value is -6.84. The van der Waals surface area contributed by atoms with Crippen molar-refractivity contribution < 1.29 is 24.2 Å². The van der Waals surface area contributed by atoms with Crippen LogP contribution in [0.5, 0.6) is 0 Å². The number of aromatic nitrogens is 8. The number of aliphatic carboxylic acids is 2. The second kappa shape index (κ2) is 23.9. The highest BCUT2D eigenvalue weighted by Crippen LogP contribution is 2.34. The zero-order chi connectivity index (χ0) is 48.0. The molecule has 0 atom stereocenters. The van der Waals surface area contributed by atoms with E-state index in [2.05, 4.69) is 86.0 Å². The number of aryl methyl sites for hydroxylation is 2. The van der Waals surface area contributed by atoms with E-state index in [1.165, 1.54) is 106 Å². The van der Waals surface area contributed by atoms with E-state index in [1.807, 2.05) is 24.1 Å².